The molecule has 0 bridgehead atoms. The van der Waals surface area contributed by atoms with Gasteiger partial charge in [-0.05, 0) is 43.9 Å². The van der Waals surface area contributed by atoms with E-state index in [2.05, 4.69) is 22.1 Å². The average molecular weight is 502 g/mol. The van der Waals surface area contributed by atoms with E-state index in [0.29, 0.717) is 35.1 Å². The number of benzene rings is 1. The Morgan fingerprint density at radius 2 is 1.94 bits per heavy atom. The molecule has 4 rings (SSSR count). The van der Waals surface area contributed by atoms with Crippen LogP contribution in [-0.2, 0) is 16.0 Å². The summed E-state index contributed by atoms with van der Waals surface area (Å²) in [4.78, 5) is 19.1. The summed E-state index contributed by atoms with van der Waals surface area (Å²) in [6, 6.07) is 8.73. The third kappa shape index (κ3) is 8.56. The second kappa shape index (κ2) is 14.9. The van der Waals surface area contributed by atoms with Gasteiger partial charge in [-0.15, -0.1) is 0 Å². The highest BCUT2D eigenvalue weighted by atomic mass is 19.1. The first kappa shape index (κ1) is 28.1. The SMILES string of the molecule is CC.C[C@@H](NC(=O)Cc1ccc(-c2ccc(OCCN3CCOCC3)cc2F)cn1)C1CCCCC1.[HH]. The van der Waals surface area contributed by atoms with E-state index < -0.39 is 0 Å². The van der Waals surface area contributed by atoms with Gasteiger partial charge in [0.15, 0.2) is 0 Å². The monoisotopic (exact) mass is 501 g/mol. The number of carbonyl (C=O) groups excluding carboxylic acids is 1. The molecule has 2 heterocycles. The smallest absolute Gasteiger partial charge is 0.226 e. The topological polar surface area (TPSA) is 63.7 Å². The highest BCUT2D eigenvalue weighted by molar-refractivity contribution is 5.78. The van der Waals surface area contributed by atoms with Crippen LogP contribution < -0.4 is 10.1 Å². The van der Waals surface area contributed by atoms with Gasteiger partial charge in [-0.3, -0.25) is 14.7 Å². The van der Waals surface area contributed by atoms with Crippen molar-refractivity contribution in [3.05, 3.63) is 48.0 Å². The Morgan fingerprint density at radius 3 is 2.61 bits per heavy atom. The molecule has 200 valence electrons. The van der Waals surface area contributed by atoms with Crippen molar-refractivity contribution in [2.24, 2.45) is 5.92 Å². The Labute approximate surface area is 217 Å². The summed E-state index contributed by atoms with van der Waals surface area (Å²) in [6.45, 7) is 10.7. The Morgan fingerprint density at radius 1 is 1.19 bits per heavy atom. The van der Waals surface area contributed by atoms with Crippen LogP contribution in [0, 0.1) is 11.7 Å². The lowest BCUT2D eigenvalue weighted by Gasteiger charge is -2.28. The summed E-state index contributed by atoms with van der Waals surface area (Å²) < 4.78 is 25.8. The number of pyridine rings is 1. The van der Waals surface area contributed by atoms with Gasteiger partial charge in [-0.2, -0.15) is 0 Å². The Balaban J connectivity index is 0.00000157. The molecule has 1 N–H and O–H groups in total. The minimum Gasteiger partial charge on any atom is -0.492 e. The zero-order valence-electron chi connectivity index (χ0n) is 22.1. The number of halogens is 1. The molecule has 2 aromatic rings. The van der Waals surface area contributed by atoms with Gasteiger partial charge < -0.3 is 14.8 Å². The Hall–Kier alpha value is -2.51. The maximum absolute atomic E-state index is 14.7. The number of nitrogens with one attached hydrogen (secondary N) is 1. The molecule has 0 unspecified atom stereocenters. The van der Waals surface area contributed by atoms with E-state index in [0.717, 1.165) is 32.8 Å². The van der Waals surface area contributed by atoms with Gasteiger partial charge in [0.2, 0.25) is 5.91 Å². The molecule has 1 atom stereocenters. The van der Waals surface area contributed by atoms with Crippen LogP contribution in [0.25, 0.3) is 11.1 Å². The first-order valence-corrected chi connectivity index (χ1v) is 13.6. The van der Waals surface area contributed by atoms with E-state index in [-0.39, 0.29) is 25.6 Å². The van der Waals surface area contributed by atoms with Crippen molar-refractivity contribution >= 4 is 5.91 Å². The predicted octanol–water partition coefficient (Wildman–Crippen LogP) is 5.50. The number of morpholine rings is 1. The average Bonchev–Trinajstić information content (AvgIpc) is 2.91. The van der Waals surface area contributed by atoms with E-state index in [9.17, 15) is 9.18 Å². The molecular formula is C29H44FN3O3. The quantitative estimate of drug-likeness (QED) is 0.492. The van der Waals surface area contributed by atoms with Crippen LogP contribution in [0.15, 0.2) is 36.5 Å². The molecule has 36 heavy (non-hydrogen) atoms. The summed E-state index contributed by atoms with van der Waals surface area (Å²) in [5, 5.41) is 3.14. The minimum atomic E-state index is -0.350. The first-order valence-electron chi connectivity index (χ1n) is 13.6. The van der Waals surface area contributed by atoms with Crippen molar-refractivity contribution in [3.63, 3.8) is 0 Å². The molecule has 1 saturated carbocycles. The summed E-state index contributed by atoms with van der Waals surface area (Å²) in [6.07, 6.45) is 8.06. The maximum Gasteiger partial charge on any atom is 0.226 e. The van der Waals surface area contributed by atoms with Gasteiger partial charge in [0.1, 0.15) is 18.2 Å². The molecule has 0 radical (unpaired) electrons. The summed E-state index contributed by atoms with van der Waals surface area (Å²) in [5.74, 6) is 0.728. The predicted molar refractivity (Wildman–Crippen MR) is 144 cm³/mol. The van der Waals surface area contributed by atoms with Crippen molar-refractivity contribution in [1.82, 2.24) is 15.2 Å². The highest BCUT2D eigenvalue weighted by Gasteiger charge is 2.21. The van der Waals surface area contributed by atoms with Gasteiger partial charge in [0.25, 0.3) is 0 Å². The summed E-state index contributed by atoms with van der Waals surface area (Å²) in [7, 11) is 0. The lowest BCUT2D eigenvalue weighted by atomic mass is 9.84. The summed E-state index contributed by atoms with van der Waals surface area (Å²) >= 11 is 0. The van der Waals surface area contributed by atoms with Crippen molar-refractivity contribution in [2.45, 2.75) is 65.3 Å². The Bertz CT molecular complexity index is 932. The molecule has 6 nitrogen and oxygen atoms in total. The van der Waals surface area contributed by atoms with Crippen molar-refractivity contribution in [1.29, 1.82) is 0 Å². The fraction of sp³-hybridized carbons (Fsp3) is 0.586. The molecule has 2 aliphatic rings. The molecule has 1 aromatic carbocycles. The zero-order valence-corrected chi connectivity index (χ0v) is 22.1. The molecule has 1 saturated heterocycles. The van der Waals surface area contributed by atoms with Crippen LogP contribution in [0.5, 0.6) is 5.75 Å². The van der Waals surface area contributed by atoms with Crippen LogP contribution in [0.2, 0.25) is 0 Å². The van der Waals surface area contributed by atoms with Gasteiger partial charge in [0, 0.05) is 56.2 Å². The molecule has 0 spiro atoms. The number of carbonyl (C=O) groups is 1. The molecule has 1 aliphatic carbocycles. The fourth-order valence-corrected chi connectivity index (χ4v) is 4.85. The van der Waals surface area contributed by atoms with E-state index in [1.807, 2.05) is 19.9 Å². The highest BCUT2D eigenvalue weighted by Crippen LogP contribution is 2.27. The molecule has 2 fully saturated rings. The normalized spacial score (nSPS) is 17.6. The zero-order chi connectivity index (χ0) is 25.8. The fourth-order valence-electron chi connectivity index (χ4n) is 4.85. The van der Waals surface area contributed by atoms with E-state index in [1.54, 1.807) is 24.4 Å². The molecular weight excluding hydrogens is 457 g/mol. The van der Waals surface area contributed by atoms with Gasteiger partial charge in [0.05, 0.1) is 19.6 Å². The second-order valence-corrected chi connectivity index (χ2v) is 9.41. The maximum atomic E-state index is 14.7. The van der Waals surface area contributed by atoms with Gasteiger partial charge >= 0.3 is 0 Å². The van der Waals surface area contributed by atoms with Crippen molar-refractivity contribution in [2.75, 3.05) is 39.5 Å². The number of ether oxygens (including phenoxy) is 2. The van der Waals surface area contributed by atoms with E-state index in [1.165, 1.54) is 38.2 Å². The van der Waals surface area contributed by atoms with Crippen LogP contribution >= 0.6 is 0 Å². The van der Waals surface area contributed by atoms with Crippen LogP contribution in [-0.4, -0.2) is 61.3 Å². The van der Waals surface area contributed by atoms with E-state index in [4.69, 9.17) is 9.47 Å². The van der Waals surface area contributed by atoms with Crippen LogP contribution in [0.1, 0.15) is 60.0 Å². The van der Waals surface area contributed by atoms with Crippen molar-refractivity contribution in [3.8, 4) is 16.9 Å². The summed E-state index contributed by atoms with van der Waals surface area (Å²) in [5.41, 5.74) is 1.83. The van der Waals surface area contributed by atoms with E-state index >= 15 is 0 Å². The standard InChI is InChI=1S/C27H36FN3O3.C2H6.H2/c1-20(21-5-3-2-4-6-21)30-27(32)17-23-8-7-22(19-29-23)25-10-9-24(18-26(25)28)34-16-13-31-11-14-33-15-12-31;1-2;/h7-10,18-21H,2-6,11-17H2,1H3,(H,30,32);1-2H3;1H/t20-;;/m1../s1. The minimum absolute atomic E-state index is 0. The first-order chi connectivity index (χ1) is 17.6. The number of aromatic nitrogens is 1. The second-order valence-electron chi connectivity index (χ2n) is 9.41. The lowest BCUT2D eigenvalue weighted by Crippen LogP contribution is -2.39. The molecule has 7 heteroatoms. The lowest BCUT2D eigenvalue weighted by molar-refractivity contribution is -0.121. The largest absolute Gasteiger partial charge is 0.492 e. The number of hydrogen-bond acceptors (Lipinski definition) is 5. The molecule has 1 aliphatic heterocycles. The third-order valence-electron chi connectivity index (χ3n) is 6.94. The van der Waals surface area contributed by atoms with Gasteiger partial charge in [-0.25, -0.2) is 4.39 Å². The Kier molecular flexibility index (Phi) is 11.6. The molecule has 1 aromatic heterocycles. The van der Waals surface area contributed by atoms with Crippen LogP contribution in [0.4, 0.5) is 4.39 Å². The number of hydrogen-bond donors (Lipinski definition) is 1. The number of rotatable bonds is 9. The number of nitrogens with zero attached hydrogens (tertiary/aromatic N) is 2. The molecule has 1 amide bonds. The number of amides is 1. The third-order valence-corrected chi connectivity index (χ3v) is 6.94. The van der Waals surface area contributed by atoms with Gasteiger partial charge in [-0.1, -0.05) is 39.2 Å². The van der Waals surface area contributed by atoms with Crippen LogP contribution in [0.3, 0.4) is 0 Å². The van der Waals surface area contributed by atoms with Crippen molar-refractivity contribution < 1.29 is 20.1 Å².